The van der Waals surface area contributed by atoms with E-state index in [9.17, 15) is 4.79 Å². The van der Waals surface area contributed by atoms with E-state index in [-0.39, 0.29) is 5.91 Å². The normalized spacial score (nSPS) is 18.6. The molecule has 4 rings (SSSR count). The Morgan fingerprint density at radius 1 is 1.30 bits per heavy atom. The molecule has 20 heavy (non-hydrogen) atoms. The van der Waals surface area contributed by atoms with Crippen LogP contribution in [-0.4, -0.2) is 46.9 Å². The molecule has 0 aromatic carbocycles. The summed E-state index contributed by atoms with van der Waals surface area (Å²) < 4.78 is 0.745. The van der Waals surface area contributed by atoms with Gasteiger partial charge in [0.2, 0.25) is 0 Å². The number of hydrogen-bond donors (Lipinski definition) is 1. The van der Waals surface area contributed by atoms with E-state index in [1.165, 1.54) is 17.0 Å². The van der Waals surface area contributed by atoms with Gasteiger partial charge in [-0.05, 0) is 18.6 Å². The van der Waals surface area contributed by atoms with E-state index in [4.69, 9.17) is 11.6 Å². The van der Waals surface area contributed by atoms with Crippen molar-refractivity contribution in [2.45, 2.75) is 6.42 Å². The fraction of sp³-hybridized carbons (Fsp3) is 0.357. The van der Waals surface area contributed by atoms with E-state index in [1.807, 2.05) is 17.0 Å². The van der Waals surface area contributed by atoms with Gasteiger partial charge in [-0.3, -0.25) is 4.79 Å². The Kier molecular flexibility index (Phi) is 2.79. The molecular formula is C14H14ClN3OS. The number of aromatic nitrogens is 1. The zero-order valence-corrected chi connectivity index (χ0v) is 12.4. The van der Waals surface area contributed by atoms with E-state index < -0.39 is 0 Å². The molecule has 0 aliphatic carbocycles. The summed E-state index contributed by atoms with van der Waals surface area (Å²) in [5.74, 6) is 0.0805. The molecule has 6 heteroatoms. The lowest BCUT2D eigenvalue weighted by Gasteiger charge is -2.35. The SMILES string of the molecule is O=C(c1cc2cc(Cl)sc2[nH]1)N1CCN2CCC=C2C1. The molecule has 2 aromatic heterocycles. The molecule has 0 spiro atoms. The Morgan fingerprint density at radius 3 is 3.05 bits per heavy atom. The zero-order chi connectivity index (χ0) is 13.7. The molecule has 104 valence electrons. The summed E-state index contributed by atoms with van der Waals surface area (Å²) in [4.78, 5) is 21.0. The quantitative estimate of drug-likeness (QED) is 0.880. The topological polar surface area (TPSA) is 39.3 Å². The second-order valence-electron chi connectivity index (χ2n) is 5.22. The molecule has 2 aliphatic heterocycles. The van der Waals surface area contributed by atoms with E-state index >= 15 is 0 Å². The van der Waals surface area contributed by atoms with E-state index in [0.29, 0.717) is 5.69 Å². The van der Waals surface area contributed by atoms with Crippen LogP contribution >= 0.6 is 22.9 Å². The van der Waals surface area contributed by atoms with Crippen molar-refractivity contribution in [1.82, 2.24) is 14.8 Å². The highest BCUT2D eigenvalue weighted by atomic mass is 35.5. The largest absolute Gasteiger partial charge is 0.372 e. The van der Waals surface area contributed by atoms with Crippen LogP contribution in [0.3, 0.4) is 0 Å². The Balaban J connectivity index is 1.58. The summed E-state index contributed by atoms with van der Waals surface area (Å²) in [5.41, 5.74) is 1.95. The highest BCUT2D eigenvalue weighted by molar-refractivity contribution is 7.22. The highest BCUT2D eigenvalue weighted by Gasteiger charge is 2.27. The van der Waals surface area contributed by atoms with Gasteiger partial charge < -0.3 is 14.8 Å². The van der Waals surface area contributed by atoms with Crippen molar-refractivity contribution in [3.8, 4) is 0 Å². The number of thiophene rings is 1. The molecular weight excluding hydrogens is 294 g/mol. The maximum atomic E-state index is 12.6. The lowest BCUT2D eigenvalue weighted by Crippen LogP contribution is -2.46. The smallest absolute Gasteiger partial charge is 0.270 e. The minimum Gasteiger partial charge on any atom is -0.372 e. The number of fused-ring (bicyclic) bond motifs is 2. The Bertz CT molecular complexity index is 686. The first kappa shape index (κ1) is 12.3. The van der Waals surface area contributed by atoms with Crippen molar-refractivity contribution < 1.29 is 4.79 Å². The van der Waals surface area contributed by atoms with Crippen molar-refractivity contribution in [3.05, 3.63) is 33.9 Å². The predicted molar refractivity (Wildman–Crippen MR) is 81.4 cm³/mol. The third kappa shape index (κ3) is 1.93. The van der Waals surface area contributed by atoms with Crippen LogP contribution in [-0.2, 0) is 0 Å². The Morgan fingerprint density at radius 2 is 2.20 bits per heavy atom. The summed E-state index contributed by atoms with van der Waals surface area (Å²) in [7, 11) is 0. The fourth-order valence-corrected chi connectivity index (χ4v) is 4.07. The molecule has 4 heterocycles. The van der Waals surface area contributed by atoms with Crippen molar-refractivity contribution in [2.24, 2.45) is 0 Å². The number of carbonyl (C=O) groups excluding carboxylic acids is 1. The molecule has 0 bridgehead atoms. The molecule has 0 unspecified atom stereocenters. The number of nitrogens with one attached hydrogen (secondary N) is 1. The van der Waals surface area contributed by atoms with Crippen LogP contribution in [0.4, 0.5) is 0 Å². The minimum absolute atomic E-state index is 0.0805. The highest BCUT2D eigenvalue weighted by Crippen LogP contribution is 2.30. The van der Waals surface area contributed by atoms with E-state index in [0.717, 1.165) is 47.2 Å². The number of halogens is 1. The van der Waals surface area contributed by atoms with Crippen molar-refractivity contribution in [2.75, 3.05) is 26.2 Å². The van der Waals surface area contributed by atoms with Gasteiger partial charge in [0.25, 0.3) is 5.91 Å². The van der Waals surface area contributed by atoms with Gasteiger partial charge in [-0.1, -0.05) is 17.7 Å². The van der Waals surface area contributed by atoms with Crippen LogP contribution in [0.2, 0.25) is 4.34 Å². The molecule has 0 saturated carbocycles. The number of amides is 1. The lowest BCUT2D eigenvalue weighted by molar-refractivity contribution is 0.0703. The number of rotatable bonds is 1. The monoisotopic (exact) mass is 307 g/mol. The van der Waals surface area contributed by atoms with Gasteiger partial charge in [0.05, 0.1) is 10.9 Å². The summed E-state index contributed by atoms with van der Waals surface area (Å²) in [6, 6.07) is 3.79. The Labute approximate surface area is 125 Å². The van der Waals surface area contributed by atoms with Gasteiger partial charge >= 0.3 is 0 Å². The van der Waals surface area contributed by atoms with Gasteiger partial charge in [-0.2, -0.15) is 0 Å². The van der Waals surface area contributed by atoms with Crippen LogP contribution in [0.25, 0.3) is 10.2 Å². The molecule has 0 radical (unpaired) electrons. The van der Waals surface area contributed by atoms with Gasteiger partial charge in [0, 0.05) is 30.7 Å². The molecule has 2 aromatic rings. The van der Waals surface area contributed by atoms with Gasteiger partial charge in [-0.25, -0.2) is 0 Å². The maximum Gasteiger partial charge on any atom is 0.270 e. The molecule has 1 saturated heterocycles. The average molecular weight is 308 g/mol. The standard InChI is InChI=1S/C14H14ClN3OS/c15-12-7-9-6-11(16-13(9)20-12)14(19)18-5-4-17-3-1-2-10(17)8-18/h2,6-7,16H,1,3-5,8H2. The first-order valence-corrected chi connectivity index (χ1v) is 7.91. The van der Waals surface area contributed by atoms with Gasteiger partial charge in [0.1, 0.15) is 10.5 Å². The lowest BCUT2D eigenvalue weighted by atomic mass is 10.2. The summed E-state index contributed by atoms with van der Waals surface area (Å²) >= 11 is 7.43. The van der Waals surface area contributed by atoms with Crippen LogP contribution in [0.15, 0.2) is 23.9 Å². The molecule has 2 aliphatic rings. The molecule has 4 nitrogen and oxygen atoms in total. The first-order valence-electron chi connectivity index (χ1n) is 6.72. The zero-order valence-electron chi connectivity index (χ0n) is 10.9. The van der Waals surface area contributed by atoms with Crippen LogP contribution in [0, 0.1) is 0 Å². The van der Waals surface area contributed by atoms with Gasteiger partial charge in [0.15, 0.2) is 0 Å². The number of aromatic amines is 1. The van der Waals surface area contributed by atoms with Crippen molar-refractivity contribution in [3.63, 3.8) is 0 Å². The number of H-pyrrole nitrogens is 1. The first-order chi connectivity index (χ1) is 9.70. The number of hydrogen-bond acceptors (Lipinski definition) is 3. The number of carbonyl (C=O) groups is 1. The third-order valence-corrected chi connectivity index (χ3v) is 5.17. The third-order valence-electron chi connectivity index (χ3n) is 3.97. The number of nitrogens with zero attached hydrogens (tertiary/aromatic N) is 2. The average Bonchev–Trinajstić information content (AvgIpc) is 3.09. The van der Waals surface area contributed by atoms with Gasteiger partial charge in [-0.15, -0.1) is 11.3 Å². The predicted octanol–water partition coefficient (Wildman–Crippen LogP) is 2.93. The number of piperazine rings is 1. The van der Waals surface area contributed by atoms with E-state index in [1.54, 1.807) is 0 Å². The second kappa shape index (κ2) is 4.53. The molecule has 1 fully saturated rings. The maximum absolute atomic E-state index is 12.6. The van der Waals surface area contributed by atoms with Crippen LogP contribution in [0.5, 0.6) is 0 Å². The second-order valence-corrected chi connectivity index (χ2v) is 6.90. The van der Waals surface area contributed by atoms with Crippen LogP contribution < -0.4 is 0 Å². The van der Waals surface area contributed by atoms with Crippen molar-refractivity contribution >= 4 is 39.1 Å². The fourth-order valence-electron chi connectivity index (χ4n) is 2.95. The van der Waals surface area contributed by atoms with Crippen molar-refractivity contribution in [1.29, 1.82) is 0 Å². The minimum atomic E-state index is 0.0805. The molecule has 0 atom stereocenters. The summed E-state index contributed by atoms with van der Waals surface area (Å²) in [5, 5.41) is 1.02. The van der Waals surface area contributed by atoms with E-state index in [2.05, 4.69) is 16.0 Å². The summed E-state index contributed by atoms with van der Waals surface area (Å²) in [6.45, 7) is 3.57. The van der Waals surface area contributed by atoms with Crippen LogP contribution in [0.1, 0.15) is 16.9 Å². The molecule has 1 amide bonds. The Hall–Kier alpha value is -1.46. The summed E-state index contributed by atoms with van der Waals surface area (Å²) in [6.07, 6.45) is 3.35. The molecule has 1 N–H and O–H groups in total.